The largest absolute Gasteiger partial charge is 0.0843 e. The fourth-order valence-electron chi connectivity index (χ4n) is 1.82. The summed E-state index contributed by atoms with van der Waals surface area (Å²) in [5.74, 6) is 0. The number of hydrogen-bond acceptors (Lipinski definition) is 0. The molecule has 0 heterocycles. The Morgan fingerprint density at radius 1 is 0.938 bits per heavy atom. The maximum atomic E-state index is 6.11. The number of unbranched alkanes of at least 4 members (excludes halogenated alkanes) is 5. The quantitative estimate of drug-likeness (QED) is 0.535. The van der Waals surface area contributed by atoms with Crippen molar-refractivity contribution in [3.63, 3.8) is 0 Å². The summed E-state index contributed by atoms with van der Waals surface area (Å²) >= 11 is 12.0. The van der Waals surface area contributed by atoms with Crippen LogP contribution >= 0.6 is 23.2 Å². The van der Waals surface area contributed by atoms with Crippen molar-refractivity contribution < 1.29 is 0 Å². The predicted octanol–water partition coefficient (Wildman–Crippen LogP) is 5.90. The molecule has 0 N–H and O–H groups in total. The van der Waals surface area contributed by atoms with Crippen LogP contribution in [-0.2, 0) is 6.42 Å². The summed E-state index contributed by atoms with van der Waals surface area (Å²) in [7, 11) is 0. The lowest BCUT2D eigenvalue weighted by Gasteiger charge is -2.04. The van der Waals surface area contributed by atoms with Crippen molar-refractivity contribution in [3.05, 3.63) is 33.8 Å². The summed E-state index contributed by atoms with van der Waals surface area (Å²) < 4.78 is 0. The molecule has 0 nitrogen and oxygen atoms in total. The van der Waals surface area contributed by atoms with Gasteiger partial charge in [-0.2, -0.15) is 0 Å². The molecule has 0 aliphatic rings. The number of halogens is 2. The summed E-state index contributed by atoms with van der Waals surface area (Å²) in [4.78, 5) is 0. The van der Waals surface area contributed by atoms with Crippen LogP contribution in [0, 0.1) is 0 Å². The van der Waals surface area contributed by atoms with E-state index in [1.54, 1.807) is 0 Å². The van der Waals surface area contributed by atoms with Crippen LogP contribution in [-0.4, -0.2) is 0 Å². The van der Waals surface area contributed by atoms with Crippen LogP contribution in [0.25, 0.3) is 0 Å². The van der Waals surface area contributed by atoms with E-state index < -0.39 is 0 Å². The van der Waals surface area contributed by atoms with Gasteiger partial charge in [-0.05, 0) is 30.5 Å². The van der Waals surface area contributed by atoms with Crippen molar-refractivity contribution in [1.82, 2.24) is 0 Å². The third-order valence-corrected chi connectivity index (χ3v) is 3.40. The van der Waals surface area contributed by atoms with Crippen molar-refractivity contribution in [1.29, 1.82) is 0 Å². The summed E-state index contributed by atoms with van der Waals surface area (Å²) in [5.41, 5.74) is 1.22. The van der Waals surface area contributed by atoms with Crippen LogP contribution in [0.1, 0.15) is 51.0 Å². The molecular weight excluding hydrogens is 239 g/mol. The molecule has 1 rings (SSSR count). The van der Waals surface area contributed by atoms with E-state index in [9.17, 15) is 0 Å². The second-order valence-corrected chi connectivity index (χ2v) is 5.10. The first-order valence-corrected chi connectivity index (χ1v) is 6.93. The van der Waals surface area contributed by atoms with Crippen molar-refractivity contribution in [3.8, 4) is 0 Å². The Bertz CT molecular complexity index is 308. The van der Waals surface area contributed by atoms with E-state index in [1.165, 1.54) is 44.1 Å². The minimum atomic E-state index is 0.719. The third kappa shape index (κ3) is 5.23. The monoisotopic (exact) mass is 258 g/mol. The number of benzene rings is 1. The van der Waals surface area contributed by atoms with Gasteiger partial charge in [0.1, 0.15) is 0 Å². The Morgan fingerprint density at radius 3 is 2.31 bits per heavy atom. The molecule has 1 aromatic carbocycles. The van der Waals surface area contributed by atoms with Gasteiger partial charge in [0.25, 0.3) is 0 Å². The minimum Gasteiger partial charge on any atom is -0.0843 e. The molecular formula is C14H20Cl2. The Balaban J connectivity index is 2.21. The first-order chi connectivity index (χ1) is 7.74. The van der Waals surface area contributed by atoms with Gasteiger partial charge in [0.05, 0.1) is 0 Å². The van der Waals surface area contributed by atoms with Crippen molar-refractivity contribution in [2.75, 3.05) is 0 Å². The molecule has 0 aromatic heterocycles. The first kappa shape index (κ1) is 13.9. The van der Waals surface area contributed by atoms with Gasteiger partial charge in [0.15, 0.2) is 0 Å². The molecule has 0 aliphatic heterocycles. The highest BCUT2D eigenvalue weighted by molar-refractivity contribution is 6.35. The summed E-state index contributed by atoms with van der Waals surface area (Å²) in [6.45, 7) is 2.24. The van der Waals surface area contributed by atoms with E-state index in [4.69, 9.17) is 23.2 Å². The highest BCUT2D eigenvalue weighted by Gasteiger charge is 2.00. The normalized spacial score (nSPS) is 10.7. The Labute approximate surface area is 109 Å². The topological polar surface area (TPSA) is 0 Å². The third-order valence-electron chi connectivity index (χ3n) is 2.81. The molecule has 16 heavy (non-hydrogen) atoms. The first-order valence-electron chi connectivity index (χ1n) is 6.18. The molecule has 0 radical (unpaired) electrons. The maximum absolute atomic E-state index is 6.11. The molecule has 0 bridgehead atoms. The Kier molecular flexibility index (Phi) is 6.91. The predicted molar refractivity (Wildman–Crippen MR) is 73.5 cm³/mol. The van der Waals surface area contributed by atoms with Gasteiger partial charge in [-0.15, -0.1) is 0 Å². The molecule has 0 aliphatic carbocycles. The maximum Gasteiger partial charge on any atom is 0.0452 e. The van der Waals surface area contributed by atoms with Gasteiger partial charge >= 0.3 is 0 Å². The molecule has 0 saturated heterocycles. The highest BCUT2D eigenvalue weighted by Crippen LogP contribution is 2.22. The smallest absolute Gasteiger partial charge is 0.0452 e. The molecule has 0 atom stereocenters. The standard InChI is InChI=1S/C14H20Cl2/c1-2-3-4-5-6-7-8-12-9-10-13(15)11-14(12)16/h9-11H,2-8H2,1H3. The van der Waals surface area contributed by atoms with E-state index >= 15 is 0 Å². The van der Waals surface area contributed by atoms with Crippen LogP contribution in [0.15, 0.2) is 18.2 Å². The van der Waals surface area contributed by atoms with Gasteiger partial charge < -0.3 is 0 Å². The fraction of sp³-hybridized carbons (Fsp3) is 0.571. The van der Waals surface area contributed by atoms with Crippen molar-refractivity contribution >= 4 is 23.2 Å². The lowest BCUT2D eigenvalue weighted by atomic mass is 10.1. The van der Waals surface area contributed by atoms with Gasteiger partial charge in [0, 0.05) is 10.0 Å². The fourth-order valence-corrected chi connectivity index (χ4v) is 2.32. The molecule has 0 spiro atoms. The molecule has 0 unspecified atom stereocenters. The average Bonchev–Trinajstić information content (AvgIpc) is 2.26. The van der Waals surface area contributed by atoms with E-state index in [0.29, 0.717) is 0 Å². The van der Waals surface area contributed by atoms with Crippen LogP contribution in [0.4, 0.5) is 0 Å². The zero-order valence-electron chi connectivity index (χ0n) is 9.94. The zero-order valence-corrected chi connectivity index (χ0v) is 11.4. The Morgan fingerprint density at radius 2 is 1.62 bits per heavy atom. The zero-order chi connectivity index (χ0) is 11.8. The van der Waals surface area contributed by atoms with Gasteiger partial charge in [-0.1, -0.05) is 68.3 Å². The number of rotatable bonds is 7. The van der Waals surface area contributed by atoms with E-state index in [0.717, 1.165) is 16.5 Å². The van der Waals surface area contributed by atoms with Crippen LogP contribution in [0.5, 0.6) is 0 Å². The van der Waals surface area contributed by atoms with E-state index in [2.05, 4.69) is 6.92 Å². The van der Waals surface area contributed by atoms with E-state index in [-0.39, 0.29) is 0 Å². The molecule has 0 amide bonds. The van der Waals surface area contributed by atoms with Gasteiger partial charge in [-0.3, -0.25) is 0 Å². The second kappa shape index (κ2) is 7.97. The van der Waals surface area contributed by atoms with Crippen molar-refractivity contribution in [2.24, 2.45) is 0 Å². The van der Waals surface area contributed by atoms with E-state index in [1.807, 2.05) is 18.2 Å². The number of hydrogen-bond donors (Lipinski definition) is 0. The lowest BCUT2D eigenvalue weighted by Crippen LogP contribution is -1.87. The highest BCUT2D eigenvalue weighted by atomic mass is 35.5. The van der Waals surface area contributed by atoms with Crippen LogP contribution in [0.2, 0.25) is 10.0 Å². The summed E-state index contributed by atoms with van der Waals surface area (Å²) in [5, 5.41) is 1.53. The van der Waals surface area contributed by atoms with Crippen LogP contribution in [0.3, 0.4) is 0 Å². The summed E-state index contributed by atoms with van der Waals surface area (Å²) in [6.07, 6.45) is 8.99. The average molecular weight is 259 g/mol. The molecule has 1 aromatic rings. The molecule has 90 valence electrons. The van der Waals surface area contributed by atoms with Crippen molar-refractivity contribution in [2.45, 2.75) is 51.9 Å². The molecule has 2 heteroatoms. The molecule has 0 saturated carbocycles. The minimum absolute atomic E-state index is 0.719. The van der Waals surface area contributed by atoms with Crippen LogP contribution < -0.4 is 0 Å². The SMILES string of the molecule is CCCCCCCCc1ccc(Cl)cc1Cl. The van der Waals surface area contributed by atoms with Gasteiger partial charge in [0.2, 0.25) is 0 Å². The lowest BCUT2D eigenvalue weighted by molar-refractivity contribution is 0.607. The number of aryl methyl sites for hydroxylation is 1. The Hall–Kier alpha value is -0.200. The second-order valence-electron chi connectivity index (χ2n) is 4.25. The summed E-state index contributed by atoms with van der Waals surface area (Å²) in [6, 6.07) is 5.78. The van der Waals surface area contributed by atoms with Gasteiger partial charge in [-0.25, -0.2) is 0 Å². The molecule has 0 fully saturated rings.